The van der Waals surface area contributed by atoms with E-state index in [0.717, 1.165) is 49.7 Å². The highest BCUT2D eigenvalue weighted by molar-refractivity contribution is 5.57. The van der Waals surface area contributed by atoms with Crippen LogP contribution in [0, 0.1) is 0 Å². The van der Waals surface area contributed by atoms with Crippen molar-refractivity contribution in [1.82, 2.24) is 4.90 Å². The molecular formula is C25H26N2O2. The summed E-state index contributed by atoms with van der Waals surface area (Å²) in [5.41, 5.74) is 2.59. The van der Waals surface area contributed by atoms with Gasteiger partial charge in [0, 0.05) is 19.5 Å². The lowest BCUT2D eigenvalue weighted by Gasteiger charge is -2.13. The van der Waals surface area contributed by atoms with Gasteiger partial charge >= 0.3 is 0 Å². The van der Waals surface area contributed by atoms with Crippen LogP contribution in [0.4, 0.5) is 0 Å². The second kappa shape index (κ2) is 9.78. The second-order valence-corrected chi connectivity index (χ2v) is 7.11. The first-order valence-corrected chi connectivity index (χ1v) is 10.1. The zero-order valence-electron chi connectivity index (χ0n) is 16.5. The maximum atomic E-state index is 5.95. The maximum Gasteiger partial charge on any atom is 0.127 e. The lowest BCUT2D eigenvalue weighted by Crippen LogP contribution is -2.22. The van der Waals surface area contributed by atoms with Crippen molar-refractivity contribution in [1.29, 1.82) is 0 Å². The molecule has 1 aliphatic rings. The minimum absolute atomic E-state index is 0.662. The average Bonchev–Trinajstić information content (AvgIpc) is 3.29. The molecule has 1 heterocycles. The number of hydrogen-bond acceptors (Lipinski definition) is 4. The second-order valence-electron chi connectivity index (χ2n) is 7.11. The summed E-state index contributed by atoms with van der Waals surface area (Å²) in [5, 5.41) is 0. The molecule has 4 heteroatoms. The Bertz CT molecular complexity index is 906. The Kier molecular flexibility index (Phi) is 6.43. The van der Waals surface area contributed by atoms with Crippen molar-refractivity contribution in [2.75, 3.05) is 26.2 Å². The summed E-state index contributed by atoms with van der Waals surface area (Å²) in [6.45, 7) is 3.63. The molecule has 148 valence electrons. The molecule has 0 saturated carbocycles. The van der Waals surface area contributed by atoms with Crippen molar-refractivity contribution in [2.24, 2.45) is 4.99 Å². The maximum absolute atomic E-state index is 5.95. The number of hydrogen-bond donors (Lipinski definition) is 0. The Balaban J connectivity index is 1.23. The van der Waals surface area contributed by atoms with Crippen LogP contribution in [0.25, 0.3) is 0 Å². The van der Waals surface area contributed by atoms with Crippen molar-refractivity contribution in [3.8, 4) is 17.2 Å². The van der Waals surface area contributed by atoms with E-state index in [1.54, 1.807) is 0 Å². The lowest BCUT2D eigenvalue weighted by molar-refractivity contribution is 0.321. The van der Waals surface area contributed by atoms with Crippen LogP contribution >= 0.6 is 0 Å². The largest absolute Gasteiger partial charge is 0.493 e. The zero-order chi connectivity index (χ0) is 19.7. The number of benzene rings is 3. The first-order valence-electron chi connectivity index (χ1n) is 10.1. The molecule has 0 amide bonds. The molecule has 4 nitrogen and oxygen atoms in total. The SMILES string of the molecule is C1=NCCN1CCc1ccc(Oc2ccc(OCCc3ccccc3)cc2)cc1. The molecule has 4 rings (SSSR count). The van der Waals surface area contributed by atoms with Crippen LogP contribution in [-0.4, -0.2) is 37.5 Å². The minimum atomic E-state index is 0.662. The van der Waals surface area contributed by atoms with Crippen molar-refractivity contribution < 1.29 is 9.47 Å². The molecule has 3 aromatic carbocycles. The fourth-order valence-electron chi connectivity index (χ4n) is 3.25. The Hall–Kier alpha value is -3.27. The minimum Gasteiger partial charge on any atom is -0.493 e. The molecule has 0 fully saturated rings. The summed E-state index contributed by atoms with van der Waals surface area (Å²) in [5.74, 6) is 2.50. The zero-order valence-corrected chi connectivity index (χ0v) is 16.5. The molecule has 0 unspecified atom stereocenters. The van der Waals surface area contributed by atoms with Crippen molar-refractivity contribution in [2.45, 2.75) is 12.8 Å². The molecule has 0 aromatic heterocycles. The smallest absolute Gasteiger partial charge is 0.127 e. The predicted molar refractivity (Wildman–Crippen MR) is 117 cm³/mol. The molecule has 1 aliphatic heterocycles. The van der Waals surface area contributed by atoms with Crippen LogP contribution in [0.5, 0.6) is 17.2 Å². The van der Waals surface area contributed by atoms with E-state index in [4.69, 9.17) is 9.47 Å². The number of nitrogens with zero attached hydrogens (tertiary/aromatic N) is 2. The van der Waals surface area contributed by atoms with Gasteiger partial charge in [0.05, 0.1) is 19.5 Å². The van der Waals surface area contributed by atoms with Crippen molar-refractivity contribution in [3.63, 3.8) is 0 Å². The molecule has 0 bridgehead atoms. The van der Waals surface area contributed by atoms with Gasteiger partial charge in [-0.15, -0.1) is 0 Å². The fraction of sp³-hybridized carbons (Fsp3) is 0.240. The molecule has 0 spiro atoms. The van der Waals surface area contributed by atoms with Gasteiger partial charge in [-0.3, -0.25) is 4.99 Å². The van der Waals surface area contributed by atoms with Crippen molar-refractivity contribution in [3.05, 3.63) is 90.0 Å². The van der Waals surface area contributed by atoms with E-state index >= 15 is 0 Å². The van der Waals surface area contributed by atoms with Gasteiger partial charge in [0.25, 0.3) is 0 Å². The molecular weight excluding hydrogens is 360 g/mol. The predicted octanol–water partition coefficient (Wildman–Crippen LogP) is 4.99. The third kappa shape index (κ3) is 5.85. The van der Waals surface area contributed by atoms with Gasteiger partial charge in [0.2, 0.25) is 0 Å². The summed E-state index contributed by atoms with van der Waals surface area (Å²) in [6.07, 6.45) is 3.86. The van der Waals surface area contributed by atoms with Crippen LogP contribution in [0.1, 0.15) is 11.1 Å². The quantitative estimate of drug-likeness (QED) is 0.520. The highest BCUT2D eigenvalue weighted by Gasteiger charge is 2.05. The molecule has 29 heavy (non-hydrogen) atoms. The Morgan fingerprint density at radius 2 is 1.38 bits per heavy atom. The summed E-state index contributed by atoms with van der Waals surface area (Å²) in [7, 11) is 0. The molecule has 0 N–H and O–H groups in total. The van der Waals surface area contributed by atoms with Gasteiger partial charge in [-0.25, -0.2) is 0 Å². The lowest BCUT2D eigenvalue weighted by atomic mass is 10.1. The summed E-state index contributed by atoms with van der Waals surface area (Å²) in [6, 6.07) is 26.5. The van der Waals surface area contributed by atoms with Crippen LogP contribution in [0.15, 0.2) is 83.9 Å². The Morgan fingerprint density at radius 1 is 0.724 bits per heavy atom. The van der Waals surface area contributed by atoms with Gasteiger partial charge in [0.15, 0.2) is 0 Å². The average molecular weight is 386 g/mol. The van der Waals surface area contributed by atoms with E-state index in [0.29, 0.717) is 6.61 Å². The van der Waals surface area contributed by atoms with Gasteiger partial charge in [-0.2, -0.15) is 0 Å². The molecule has 0 radical (unpaired) electrons. The van der Waals surface area contributed by atoms with Crippen LogP contribution in [0.2, 0.25) is 0 Å². The van der Waals surface area contributed by atoms with Gasteiger partial charge in [-0.1, -0.05) is 42.5 Å². The van der Waals surface area contributed by atoms with E-state index in [-0.39, 0.29) is 0 Å². The first-order chi connectivity index (χ1) is 14.3. The van der Waals surface area contributed by atoms with E-state index in [9.17, 15) is 0 Å². The summed E-state index contributed by atoms with van der Waals surface area (Å²) < 4.78 is 11.8. The molecule has 0 saturated heterocycles. The highest BCUT2D eigenvalue weighted by Crippen LogP contribution is 2.24. The summed E-state index contributed by atoms with van der Waals surface area (Å²) >= 11 is 0. The normalized spacial score (nSPS) is 12.9. The third-order valence-corrected chi connectivity index (χ3v) is 4.93. The summed E-state index contributed by atoms with van der Waals surface area (Å²) in [4.78, 5) is 6.50. The van der Waals surface area contributed by atoms with Gasteiger partial charge < -0.3 is 14.4 Å². The Morgan fingerprint density at radius 3 is 2.07 bits per heavy atom. The van der Waals surface area contributed by atoms with E-state index in [1.807, 2.05) is 48.8 Å². The van der Waals surface area contributed by atoms with Crippen LogP contribution < -0.4 is 9.47 Å². The molecule has 3 aromatic rings. The first kappa shape index (κ1) is 19.1. The van der Waals surface area contributed by atoms with Crippen LogP contribution in [0.3, 0.4) is 0 Å². The number of aliphatic imine (C=N–C) groups is 1. The highest BCUT2D eigenvalue weighted by atomic mass is 16.5. The topological polar surface area (TPSA) is 34.1 Å². The van der Waals surface area contributed by atoms with E-state index in [2.05, 4.69) is 46.3 Å². The standard InChI is InChI=1S/C25H26N2O2/c1-2-4-21(5-3-1)15-19-28-23-10-12-25(13-11-23)29-24-8-6-22(7-9-24)14-17-27-18-16-26-20-27/h1-13,20H,14-19H2. The Labute approximate surface area is 172 Å². The van der Waals surface area contributed by atoms with E-state index < -0.39 is 0 Å². The number of rotatable bonds is 9. The van der Waals surface area contributed by atoms with E-state index in [1.165, 1.54) is 11.1 Å². The monoisotopic (exact) mass is 386 g/mol. The molecule has 0 aliphatic carbocycles. The van der Waals surface area contributed by atoms with Gasteiger partial charge in [-0.05, 0) is 53.9 Å². The van der Waals surface area contributed by atoms with Crippen LogP contribution in [-0.2, 0) is 12.8 Å². The fourth-order valence-corrected chi connectivity index (χ4v) is 3.25. The number of ether oxygens (including phenoxy) is 2. The van der Waals surface area contributed by atoms with Gasteiger partial charge in [0.1, 0.15) is 17.2 Å². The third-order valence-electron chi connectivity index (χ3n) is 4.93. The molecule has 0 atom stereocenters. The van der Waals surface area contributed by atoms with Crippen molar-refractivity contribution >= 4 is 6.34 Å².